The molecule has 1 N–H and O–H groups in total. The average Bonchev–Trinajstić information content (AvgIpc) is 2.53. The third kappa shape index (κ3) is 1.81. The number of rotatable bonds is 2. The molecule has 86 valence electrons. The van der Waals surface area contributed by atoms with E-state index >= 15 is 0 Å². The summed E-state index contributed by atoms with van der Waals surface area (Å²) in [6.45, 7) is 3.74. The molecule has 2 atom stereocenters. The van der Waals surface area contributed by atoms with Gasteiger partial charge in [-0.2, -0.15) is 0 Å². The summed E-state index contributed by atoms with van der Waals surface area (Å²) in [6, 6.07) is 5.76. The molecule has 3 nitrogen and oxygen atoms in total. The fourth-order valence-electron chi connectivity index (χ4n) is 1.79. The van der Waals surface area contributed by atoms with Gasteiger partial charge in [0, 0.05) is 7.05 Å². The van der Waals surface area contributed by atoms with Crippen molar-refractivity contribution in [2.75, 3.05) is 0 Å². The molecule has 4 heteroatoms. The first-order chi connectivity index (χ1) is 7.50. The van der Waals surface area contributed by atoms with Crippen molar-refractivity contribution in [1.82, 2.24) is 9.55 Å². The van der Waals surface area contributed by atoms with Crippen molar-refractivity contribution in [1.29, 1.82) is 0 Å². The zero-order valence-electron chi connectivity index (χ0n) is 9.61. The van der Waals surface area contributed by atoms with E-state index in [0.717, 1.165) is 22.4 Å². The van der Waals surface area contributed by atoms with E-state index < -0.39 is 6.10 Å². The van der Waals surface area contributed by atoms with E-state index in [0.29, 0.717) is 0 Å². The maximum absolute atomic E-state index is 9.87. The molecule has 1 heterocycles. The maximum Gasteiger partial charge on any atom is 0.106 e. The van der Waals surface area contributed by atoms with Gasteiger partial charge in [0.05, 0.1) is 22.5 Å². The summed E-state index contributed by atoms with van der Waals surface area (Å²) in [4.78, 5) is 4.42. The Morgan fingerprint density at radius 2 is 2.12 bits per heavy atom. The maximum atomic E-state index is 9.87. The summed E-state index contributed by atoms with van der Waals surface area (Å²) in [5, 5.41) is 9.56. The molecule has 2 aromatic rings. The molecule has 1 aromatic heterocycles. The van der Waals surface area contributed by atoms with Crippen molar-refractivity contribution in [3.63, 3.8) is 0 Å². The van der Waals surface area contributed by atoms with Gasteiger partial charge in [-0.1, -0.05) is 6.07 Å². The minimum Gasteiger partial charge on any atom is -0.387 e. The summed E-state index contributed by atoms with van der Waals surface area (Å²) in [5.41, 5.74) is 2.78. The van der Waals surface area contributed by atoms with Gasteiger partial charge in [-0.05, 0) is 31.5 Å². The normalized spacial score (nSPS) is 15.3. The van der Waals surface area contributed by atoms with Crippen molar-refractivity contribution in [2.45, 2.75) is 25.3 Å². The summed E-state index contributed by atoms with van der Waals surface area (Å²) in [5.74, 6) is 0.959. The quantitative estimate of drug-likeness (QED) is 0.817. The summed E-state index contributed by atoms with van der Waals surface area (Å²) < 4.78 is 2.02. The Morgan fingerprint density at radius 1 is 1.44 bits per heavy atom. The van der Waals surface area contributed by atoms with Crippen LogP contribution >= 0.6 is 11.6 Å². The molecule has 16 heavy (non-hydrogen) atoms. The summed E-state index contributed by atoms with van der Waals surface area (Å²) in [6.07, 6.45) is -0.645. The molecule has 2 rings (SSSR count). The standard InChI is InChI=1S/C12H15ClN2O/c1-7(13)12(16)9-4-5-11-10(6-9)14-8(2)15(11)3/h4-7,12,16H,1-3H3. The molecule has 0 spiro atoms. The molecule has 0 amide bonds. The molecule has 0 saturated carbocycles. The number of hydrogen-bond donors (Lipinski definition) is 1. The molecule has 2 unspecified atom stereocenters. The molecule has 0 saturated heterocycles. The van der Waals surface area contributed by atoms with Crippen LogP contribution in [-0.2, 0) is 7.05 Å². The first-order valence-electron chi connectivity index (χ1n) is 5.26. The van der Waals surface area contributed by atoms with Gasteiger partial charge in [-0.3, -0.25) is 0 Å². The molecule has 0 aliphatic carbocycles. The van der Waals surface area contributed by atoms with E-state index in [1.165, 1.54) is 0 Å². The Balaban J connectivity index is 2.52. The Bertz CT molecular complexity index is 519. The smallest absolute Gasteiger partial charge is 0.106 e. The number of aromatic nitrogens is 2. The van der Waals surface area contributed by atoms with Gasteiger partial charge in [0.2, 0.25) is 0 Å². The second-order valence-corrected chi connectivity index (χ2v) is 4.78. The number of halogens is 1. The van der Waals surface area contributed by atoms with Crippen LogP contribution in [0.3, 0.4) is 0 Å². The fourth-order valence-corrected chi connectivity index (χ4v) is 1.93. The highest BCUT2D eigenvalue weighted by Crippen LogP contribution is 2.24. The lowest BCUT2D eigenvalue weighted by atomic mass is 10.1. The number of aliphatic hydroxyl groups excluding tert-OH is 1. The summed E-state index contributed by atoms with van der Waals surface area (Å²) >= 11 is 5.87. The van der Waals surface area contributed by atoms with Crippen LogP contribution in [0, 0.1) is 6.92 Å². The SMILES string of the molecule is Cc1nc2cc(C(O)C(C)Cl)ccc2n1C. The Kier molecular flexibility index (Phi) is 2.91. The third-order valence-electron chi connectivity index (χ3n) is 2.91. The zero-order chi connectivity index (χ0) is 11.9. The molecule has 0 aliphatic rings. The van der Waals surface area contributed by atoms with E-state index in [9.17, 15) is 5.11 Å². The lowest BCUT2D eigenvalue weighted by molar-refractivity contribution is 0.177. The van der Waals surface area contributed by atoms with Crippen LogP contribution in [0.5, 0.6) is 0 Å². The van der Waals surface area contributed by atoms with Gasteiger partial charge in [0.25, 0.3) is 0 Å². The van der Waals surface area contributed by atoms with Gasteiger partial charge in [0.15, 0.2) is 0 Å². The van der Waals surface area contributed by atoms with E-state index in [4.69, 9.17) is 11.6 Å². The third-order valence-corrected chi connectivity index (χ3v) is 3.14. The highest BCUT2D eigenvalue weighted by atomic mass is 35.5. The fraction of sp³-hybridized carbons (Fsp3) is 0.417. The van der Waals surface area contributed by atoms with Gasteiger partial charge in [-0.15, -0.1) is 11.6 Å². The minimum atomic E-state index is -0.645. The number of nitrogens with zero attached hydrogens (tertiary/aromatic N) is 2. The molecule has 1 aromatic carbocycles. The monoisotopic (exact) mass is 238 g/mol. The number of fused-ring (bicyclic) bond motifs is 1. The average molecular weight is 239 g/mol. The highest BCUT2D eigenvalue weighted by Gasteiger charge is 2.15. The number of alkyl halides is 1. The highest BCUT2D eigenvalue weighted by molar-refractivity contribution is 6.20. The minimum absolute atomic E-state index is 0.303. The van der Waals surface area contributed by atoms with E-state index in [2.05, 4.69) is 4.98 Å². The van der Waals surface area contributed by atoms with Crippen molar-refractivity contribution >= 4 is 22.6 Å². The van der Waals surface area contributed by atoms with Crippen LogP contribution in [0.4, 0.5) is 0 Å². The lowest BCUT2D eigenvalue weighted by Crippen LogP contribution is -2.07. The topological polar surface area (TPSA) is 38.1 Å². The zero-order valence-corrected chi connectivity index (χ0v) is 10.4. The van der Waals surface area contributed by atoms with Crippen LogP contribution < -0.4 is 0 Å². The number of aryl methyl sites for hydroxylation is 2. The predicted octanol–water partition coefficient (Wildman–Crippen LogP) is 2.54. The number of benzene rings is 1. The van der Waals surface area contributed by atoms with Gasteiger partial charge in [0.1, 0.15) is 5.82 Å². The number of imidazole rings is 1. The van der Waals surface area contributed by atoms with Gasteiger partial charge < -0.3 is 9.67 Å². The summed E-state index contributed by atoms with van der Waals surface area (Å²) in [7, 11) is 1.98. The van der Waals surface area contributed by atoms with Crippen LogP contribution in [0.2, 0.25) is 0 Å². The van der Waals surface area contributed by atoms with E-state index in [1.807, 2.05) is 36.7 Å². The largest absolute Gasteiger partial charge is 0.387 e. The number of hydrogen-bond acceptors (Lipinski definition) is 2. The molecule has 0 radical (unpaired) electrons. The van der Waals surface area contributed by atoms with E-state index in [1.54, 1.807) is 6.92 Å². The van der Waals surface area contributed by atoms with Crippen LogP contribution in [0.1, 0.15) is 24.4 Å². The first kappa shape index (κ1) is 11.4. The molecule has 0 fully saturated rings. The van der Waals surface area contributed by atoms with Crippen LogP contribution in [0.25, 0.3) is 11.0 Å². The van der Waals surface area contributed by atoms with Crippen molar-refractivity contribution in [3.8, 4) is 0 Å². The number of aliphatic hydroxyl groups is 1. The van der Waals surface area contributed by atoms with Gasteiger partial charge in [-0.25, -0.2) is 4.98 Å². The Labute approximate surface area is 99.7 Å². The lowest BCUT2D eigenvalue weighted by Gasteiger charge is -2.12. The van der Waals surface area contributed by atoms with Crippen molar-refractivity contribution in [2.24, 2.45) is 7.05 Å². The molecule has 0 aliphatic heterocycles. The predicted molar refractivity (Wildman–Crippen MR) is 65.7 cm³/mol. The Hall–Kier alpha value is -1.06. The van der Waals surface area contributed by atoms with E-state index in [-0.39, 0.29) is 5.38 Å². The molecule has 0 bridgehead atoms. The second kappa shape index (κ2) is 4.07. The Morgan fingerprint density at radius 3 is 2.75 bits per heavy atom. The van der Waals surface area contributed by atoms with Crippen LogP contribution in [-0.4, -0.2) is 20.0 Å². The first-order valence-corrected chi connectivity index (χ1v) is 5.69. The second-order valence-electron chi connectivity index (χ2n) is 4.09. The van der Waals surface area contributed by atoms with Gasteiger partial charge >= 0.3 is 0 Å². The van der Waals surface area contributed by atoms with Crippen molar-refractivity contribution in [3.05, 3.63) is 29.6 Å². The molecular weight excluding hydrogens is 224 g/mol. The molecular formula is C12H15ClN2O. The van der Waals surface area contributed by atoms with Crippen LogP contribution in [0.15, 0.2) is 18.2 Å². The van der Waals surface area contributed by atoms with Crippen molar-refractivity contribution < 1.29 is 5.11 Å².